The zero-order chi connectivity index (χ0) is 16.5. The van der Waals surface area contributed by atoms with Gasteiger partial charge >= 0.3 is 0 Å². The number of hydrogen-bond acceptors (Lipinski definition) is 4. The highest BCUT2D eigenvalue weighted by Crippen LogP contribution is 2.49. The van der Waals surface area contributed by atoms with Crippen molar-refractivity contribution in [3.63, 3.8) is 0 Å². The third-order valence-corrected chi connectivity index (χ3v) is 5.41. The summed E-state index contributed by atoms with van der Waals surface area (Å²) in [6.07, 6.45) is 2.56. The van der Waals surface area contributed by atoms with Gasteiger partial charge in [-0.1, -0.05) is 24.3 Å². The summed E-state index contributed by atoms with van der Waals surface area (Å²) in [6, 6.07) is 16.0. The number of ether oxygens (including phenoxy) is 1. The second-order valence-corrected chi connectivity index (χ2v) is 6.81. The van der Waals surface area contributed by atoms with E-state index in [1.807, 2.05) is 42.6 Å². The van der Waals surface area contributed by atoms with Gasteiger partial charge in [-0.05, 0) is 35.4 Å². The van der Waals surface area contributed by atoms with Crippen molar-refractivity contribution in [2.45, 2.75) is 6.42 Å². The average Bonchev–Trinajstić information content (AvgIpc) is 2.96. The van der Waals surface area contributed by atoms with Crippen LogP contribution in [0.4, 0.5) is 5.69 Å². The smallest absolute Gasteiger partial charge is 0.165 e. The molecule has 3 nitrogen and oxygen atoms in total. The van der Waals surface area contributed by atoms with Gasteiger partial charge in [0.1, 0.15) is 5.75 Å². The summed E-state index contributed by atoms with van der Waals surface area (Å²) in [5, 5.41) is 3.32. The summed E-state index contributed by atoms with van der Waals surface area (Å²) in [4.78, 5) is 13.6. The Morgan fingerprint density at radius 1 is 1.08 bits per heavy atom. The summed E-state index contributed by atoms with van der Waals surface area (Å²) in [5.74, 6) is 1.93. The largest absolute Gasteiger partial charge is 0.497 e. The number of nitrogens with one attached hydrogen (secondary N) is 1. The highest BCUT2D eigenvalue weighted by molar-refractivity contribution is 8.08. The molecular weight excluding hydrogens is 318 g/mol. The quantitative estimate of drug-likeness (QED) is 0.891. The molecule has 2 aromatic rings. The minimum absolute atomic E-state index is 0.239. The van der Waals surface area contributed by atoms with Crippen molar-refractivity contribution in [1.29, 1.82) is 0 Å². The summed E-state index contributed by atoms with van der Waals surface area (Å²) < 4.78 is 5.18. The molecule has 0 unspecified atom stereocenters. The standard InChI is InChI=1S/C20H17NO2S/c1-23-14-8-6-13(7-9-14)21-12-17-15-4-2-3-5-16(15)20-19(17)18(22)10-11-24-20/h2-9,12,21H,10-11H2,1H3/b17-12+. The molecule has 0 bridgehead atoms. The molecule has 4 heteroatoms. The lowest BCUT2D eigenvalue weighted by molar-refractivity contribution is -0.114. The number of allylic oxidation sites excluding steroid dienone is 2. The van der Waals surface area contributed by atoms with Crippen LogP contribution >= 0.6 is 11.8 Å². The van der Waals surface area contributed by atoms with Gasteiger partial charge in [0.15, 0.2) is 5.78 Å². The summed E-state index contributed by atoms with van der Waals surface area (Å²) >= 11 is 1.78. The molecule has 0 spiro atoms. The first-order valence-corrected chi connectivity index (χ1v) is 8.87. The number of ketones is 1. The molecule has 0 saturated carbocycles. The molecule has 24 heavy (non-hydrogen) atoms. The van der Waals surface area contributed by atoms with Crippen molar-refractivity contribution in [2.75, 3.05) is 18.2 Å². The number of carbonyl (C=O) groups excluding carboxylic acids is 1. The Bertz CT molecular complexity index is 865. The Balaban J connectivity index is 1.72. The van der Waals surface area contributed by atoms with Crippen LogP contribution < -0.4 is 10.1 Å². The molecule has 1 heterocycles. The van der Waals surface area contributed by atoms with E-state index in [1.54, 1.807) is 18.9 Å². The van der Waals surface area contributed by atoms with Gasteiger partial charge in [-0.25, -0.2) is 0 Å². The van der Waals surface area contributed by atoms with Crippen molar-refractivity contribution < 1.29 is 9.53 Å². The molecule has 0 atom stereocenters. The van der Waals surface area contributed by atoms with Crippen LogP contribution in [0.15, 0.2) is 60.3 Å². The van der Waals surface area contributed by atoms with Crippen LogP contribution in [0.2, 0.25) is 0 Å². The lowest BCUT2D eigenvalue weighted by Gasteiger charge is -2.13. The summed E-state index contributed by atoms with van der Waals surface area (Å²) in [5.41, 5.74) is 5.13. The number of anilines is 1. The Hall–Kier alpha value is -2.46. The molecule has 0 radical (unpaired) electrons. The van der Waals surface area contributed by atoms with E-state index in [1.165, 1.54) is 5.56 Å². The van der Waals surface area contributed by atoms with E-state index in [-0.39, 0.29) is 5.78 Å². The van der Waals surface area contributed by atoms with Gasteiger partial charge in [0, 0.05) is 40.1 Å². The van der Waals surface area contributed by atoms with Crippen molar-refractivity contribution in [3.05, 3.63) is 71.4 Å². The third kappa shape index (κ3) is 2.53. The van der Waals surface area contributed by atoms with Gasteiger partial charge < -0.3 is 10.1 Å². The Morgan fingerprint density at radius 2 is 1.83 bits per heavy atom. The van der Waals surface area contributed by atoms with E-state index in [2.05, 4.69) is 17.4 Å². The van der Waals surface area contributed by atoms with Crippen LogP contribution in [0.5, 0.6) is 5.75 Å². The van der Waals surface area contributed by atoms with Crippen molar-refractivity contribution >= 4 is 33.7 Å². The normalized spacial score (nSPS) is 17.7. The van der Waals surface area contributed by atoms with E-state index in [9.17, 15) is 4.79 Å². The SMILES string of the molecule is COc1ccc(N/C=C2/C3=C(SCCC3=O)c3ccccc32)cc1. The first-order valence-electron chi connectivity index (χ1n) is 7.89. The van der Waals surface area contributed by atoms with Gasteiger partial charge in [0.2, 0.25) is 0 Å². The number of thioether (sulfide) groups is 1. The zero-order valence-electron chi connectivity index (χ0n) is 13.3. The molecule has 0 saturated heterocycles. The highest BCUT2D eigenvalue weighted by atomic mass is 32.2. The van der Waals surface area contributed by atoms with Crippen LogP contribution in [-0.4, -0.2) is 18.6 Å². The number of benzene rings is 2. The molecule has 120 valence electrons. The minimum Gasteiger partial charge on any atom is -0.497 e. The molecule has 1 aliphatic heterocycles. The minimum atomic E-state index is 0.239. The van der Waals surface area contributed by atoms with Crippen LogP contribution in [0.1, 0.15) is 17.5 Å². The van der Waals surface area contributed by atoms with E-state index in [4.69, 9.17) is 4.74 Å². The number of fused-ring (bicyclic) bond motifs is 2. The van der Waals surface area contributed by atoms with Gasteiger partial charge in [-0.15, -0.1) is 11.8 Å². The predicted octanol–water partition coefficient (Wildman–Crippen LogP) is 4.58. The number of methoxy groups -OCH3 is 1. The summed E-state index contributed by atoms with van der Waals surface area (Å²) in [6.45, 7) is 0. The maximum Gasteiger partial charge on any atom is 0.165 e. The fraction of sp³-hybridized carbons (Fsp3) is 0.150. The molecule has 1 aliphatic carbocycles. The number of Topliss-reactive ketones (excluding diaryl/α,β-unsaturated/α-hetero) is 1. The van der Waals surface area contributed by atoms with Crippen molar-refractivity contribution in [3.8, 4) is 5.75 Å². The maximum atomic E-state index is 12.5. The molecule has 0 aromatic heterocycles. The summed E-state index contributed by atoms with van der Waals surface area (Å²) in [7, 11) is 1.65. The van der Waals surface area contributed by atoms with E-state index < -0.39 is 0 Å². The molecule has 0 amide bonds. The monoisotopic (exact) mass is 335 g/mol. The van der Waals surface area contributed by atoms with Crippen LogP contribution in [-0.2, 0) is 4.79 Å². The fourth-order valence-corrected chi connectivity index (χ4v) is 4.29. The first-order chi connectivity index (χ1) is 11.8. The van der Waals surface area contributed by atoms with Crippen LogP contribution in [0, 0.1) is 0 Å². The fourth-order valence-electron chi connectivity index (χ4n) is 3.10. The van der Waals surface area contributed by atoms with E-state index in [0.29, 0.717) is 6.42 Å². The van der Waals surface area contributed by atoms with Crippen LogP contribution in [0.25, 0.3) is 10.5 Å². The first kappa shape index (κ1) is 15.1. The lowest BCUT2D eigenvalue weighted by atomic mass is 10.00. The van der Waals surface area contributed by atoms with Gasteiger partial charge in [-0.2, -0.15) is 0 Å². The second kappa shape index (κ2) is 6.21. The molecule has 2 aromatic carbocycles. The Kier molecular flexibility index (Phi) is 3.90. The Labute approximate surface area is 145 Å². The van der Waals surface area contributed by atoms with Gasteiger partial charge in [-0.3, -0.25) is 4.79 Å². The van der Waals surface area contributed by atoms with E-state index >= 15 is 0 Å². The number of hydrogen-bond donors (Lipinski definition) is 1. The maximum absolute atomic E-state index is 12.5. The zero-order valence-corrected chi connectivity index (χ0v) is 14.2. The molecule has 4 rings (SSSR count). The van der Waals surface area contributed by atoms with Gasteiger partial charge in [0.05, 0.1) is 7.11 Å². The second-order valence-electron chi connectivity index (χ2n) is 5.70. The average molecular weight is 335 g/mol. The third-order valence-electron chi connectivity index (χ3n) is 4.29. The molecular formula is C20H17NO2S. The van der Waals surface area contributed by atoms with Crippen molar-refractivity contribution in [1.82, 2.24) is 0 Å². The molecule has 2 aliphatic rings. The predicted molar refractivity (Wildman–Crippen MR) is 100 cm³/mol. The Morgan fingerprint density at radius 3 is 2.58 bits per heavy atom. The topological polar surface area (TPSA) is 38.3 Å². The van der Waals surface area contributed by atoms with E-state index in [0.717, 1.165) is 38.8 Å². The lowest BCUT2D eigenvalue weighted by Crippen LogP contribution is -2.09. The molecule has 1 N–H and O–H groups in total. The van der Waals surface area contributed by atoms with Crippen LogP contribution in [0.3, 0.4) is 0 Å². The van der Waals surface area contributed by atoms with Gasteiger partial charge in [0.25, 0.3) is 0 Å². The van der Waals surface area contributed by atoms with Crippen molar-refractivity contribution in [2.24, 2.45) is 0 Å². The molecule has 0 fully saturated rings. The highest BCUT2D eigenvalue weighted by Gasteiger charge is 2.33. The number of carbonyl (C=O) groups is 1. The number of rotatable bonds is 3.